The van der Waals surface area contributed by atoms with Crippen LogP contribution in [-0.4, -0.2) is 25.6 Å². The minimum atomic E-state index is -1.85. The molecule has 0 radical (unpaired) electrons. The Labute approximate surface area is 97.5 Å². The third-order valence-electron chi connectivity index (χ3n) is 3.55. The standard InChI is InChI=1S/C12H20O3Si/c1-12(2,3)16(4,5)11-9(6-7-15-11)10(14)8-13/h6-7,13H,8H2,1-5H3. The van der Waals surface area contributed by atoms with E-state index in [0.29, 0.717) is 5.56 Å². The minimum absolute atomic E-state index is 0.106. The summed E-state index contributed by atoms with van der Waals surface area (Å²) in [7, 11) is -1.85. The number of carbonyl (C=O) groups is 1. The van der Waals surface area contributed by atoms with Gasteiger partial charge in [0.2, 0.25) is 0 Å². The predicted molar refractivity (Wildman–Crippen MR) is 67.0 cm³/mol. The lowest BCUT2D eigenvalue weighted by Gasteiger charge is -2.35. The Morgan fingerprint density at radius 1 is 1.44 bits per heavy atom. The topological polar surface area (TPSA) is 50.4 Å². The lowest BCUT2D eigenvalue weighted by molar-refractivity contribution is 0.0904. The summed E-state index contributed by atoms with van der Waals surface area (Å²) in [6.45, 7) is 10.4. The highest BCUT2D eigenvalue weighted by Crippen LogP contribution is 2.36. The van der Waals surface area contributed by atoms with Gasteiger partial charge in [0, 0.05) is 0 Å². The maximum Gasteiger partial charge on any atom is 0.191 e. The summed E-state index contributed by atoms with van der Waals surface area (Å²) in [5.41, 5.74) is 0.550. The van der Waals surface area contributed by atoms with Crippen molar-refractivity contribution in [3.05, 3.63) is 17.9 Å². The molecule has 0 bridgehead atoms. The van der Waals surface area contributed by atoms with E-state index in [1.807, 2.05) is 0 Å². The van der Waals surface area contributed by atoms with E-state index in [1.54, 1.807) is 12.3 Å². The van der Waals surface area contributed by atoms with Crippen molar-refractivity contribution >= 4 is 19.2 Å². The molecule has 0 unspecified atom stereocenters. The molecule has 4 heteroatoms. The largest absolute Gasteiger partial charge is 0.474 e. The van der Waals surface area contributed by atoms with Gasteiger partial charge in [-0.15, -0.1) is 0 Å². The first kappa shape index (κ1) is 13.2. The number of Topliss-reactive ketones (excluding diaryl/α,β-unsaturated/α-hetero) is 1. The fourth-order valence-electron chi connectivity index (χ4n) is 1.44. The molecule has 0 amide bonds. The summed E-state index contributed by atoms with van der Waals surface area (Å²) < 4.78 is 5.51. The van der Waals surface area contributed by atoms with Crippen LogP contribution in [0.25, 0.3) is 0 Å². The van der Waals surface area contributed by atoms with Gasteiger partial charge < -0.3 is 9.52 Å². The lowest BCUT2D eigenvalue weighted by atomic mass is 10.2. The van der Waals surface area contributed by atoms with Crippen molar-refractivity contribution in [1.82, 2.24) is 0 Å². The van der Waals surface area contributed by atoms with Crippen LogP contribution in [0.3, 0.4) is 0 Å². The summed E-state index contributed by atoms with van der Waals surface area (Å²) >= 11 is 0. The molecule has 1 N–H and O–H groups in total. The van der Waals surface area contributed by atoms with Crippen molar-refractivity contribution < 1.29 is 14.3 Å². The smallest absolute Gasteiger partial charge is 0.191 e. The zero-order chi connectivity index (χ0) is 12.6. The first-order valence-corrected chi connectivity index (χ1v) is 8.44. The molecule has 0 aliphatic rings. The summed E-state index contributed by atoms with van der Waals surface area (Å²) in [4.78, 5) is 11.6. The predicted octanol–water partition coefficient (Wildman–Crippen LogP) is 2.17. The van der Waals surface area contributed by atoms with Gasteiger partial charge in [0.05, 0.1) is 17.2 Å². The van der Waals surface area contributed by atoms with Crippen molar-refractivity contribution in [2.75, 3.05) is 6.61 Å². The van der Waals surface area contributed by atoms with Crippen LogP contribution in [0.1, 0.15) is 31.1 Å². The fraction of sp³-hybridized carbons (Fsp3) is 0.583. The maximum absolute atomic E-state index is 11.6. The average Bonchev–Trinajstić information content (AvgIpc) is 2.63. The summed E-state index contributed by atoms with van der Waals surface area (Å²) in [6, 6.07) is 1.66. The van der Waals surface area contributed by atoms with E-state index in [2.05, 4.69) is 33.9 Å². The van der Waals surface area contributed by atoms with Gasteiger partial charge in [-0.2, -0.15) is 0 Å². The quantitative estimate of drug-likeness (QED) is 0.650. The number of aliphatic hydroxyl groups is 1. The van der Waals surface area contributed by atoms with E-state index < -0.39 is 14.7 Å². The molecule has 1 aromatic heterocycles. The monoisotopic (exact) mass is 240 g/mol. The Kier molecular flexibility index (Phi) is 3.45. The van der Waals surface area contributed by atoms with Crippen molar-refractivity contribution in [3.63, 3.8) is 0 Å². The molecule has 1 heterocycles. The molecule has 16 heavy (non-hydrogen) atoms. The maximum atomic E-state index is 11.6. The number of furan rings is 1. The number of hydrogen-bond acceptors (Lipinski definition) is 3. The number of carbonyl (C=O) groups excluding carboxylic acids is 1. The Bertz CT molecular complexity index is 385. The Morgan fingerprint density at radius 2 is 2.00 bits per heavy atom. The van der Waals surface area contributed by atoms with Gasteiger partial charge in [0.25, 0.3) is 0 Å². The van der Waals surface area contributed by atoms with Crippen LogP contribution in [0.2, 0.25) is 18.1 Å². The van der Waals surface area contributed by atoms with Crippen molar-refractivity contribution in [2.24, 2.45) is 0 Å². The minimum Gasteiger partial charge on any atom is -0.474 e. The summed E-state index contributed by atoms with van der Waals surface area (Å²) in [5.74, 6) is -0.256. The number of rotatable bonds is 3. The molecule has 0 aromatic carbocycles. The molecule has 0 aliphatic carbocycles. The molecule has 1 rings (SSSR count). The zero-order valence-corrected chi connectivity index (χ0v) is 11.6. The van der Waals surface area contributed by atoms with Crippen LogP contribution >= 0.6 is 0 Å². The molecule has 0 saturated heterocycles. The van der Waals surface area contributed by atoms with E-state index in [4.69, 9.17) is 9.52 Å². The van der Waals surface area contributed by atoms with E-state index in [-0.39, 0.29) is 10.8 Å². The molecule has 0 saturated carbocycles. The highest BCUT2D eigenvalue weighted by Gasteiger charge is 2.42. The summed E-state index contributed by atoms with van der Waals surface area (Å²) in [6.07, 6.45) is 1.54. The van der Waals surface area contributed by atoms with E-state index in [1.165, 1.54) is 0 Å². The first-order chi connectivity index (χ1) is 7.21. The van der Waals surface area contributed by atoms with E-state index >= 15 is 0 Å². The molecule has 3 nitrogen and oxygen atoms in total. The molecule has 0 atom stereocenters. The van der Waals surface area contributed by atoms with Gasteiger partial charge in [-0.1, -0.05) is 33.9 Å². The lowest BCUT2D eigenvalue weighted by Crippen LogP contribution is -2.50. The SMILES string of the molecule is CC(C)(C)[Si](C)(C)c1occc1C(=O)CO. The van der Waals surface area contributed by atoms with E-state index in [0.717, 1.165) is 5.38 Å². The Hall–Kier alpha value is -0.873. The van der Waals surface area contributed by atoms with Crippen LogP contribution in [-0.2, 0) is 0 Å². The van der Waals surface area contributed by atoms with Crippen molar-refractivity contribution in [3.8, 4) is 0 Å². The second kappa shape index (κ2) is 4.18. The van der Waals surface area contributed by atoms with Crippen LogP contribution < -0.4 is 5.38 Å². The highest BCUT2D eigenvalue weighted by atomic mass is 28.3. The van der Waals surface area contributed by atoms with Gasteiger partial charge in [0.15, 0.2) is 5.78 Å². The van der Waals surface area contributed by atoms with Crippen molar-refractivity contribution in [1.29, 1.82) is 0 Å². The third-order valence-corrected chi connectivity index (χ3v) is 8.82. The molecule has 1 aromatic rings. The number of aliphatic hydroxyl groups excluding tert-OH is 1. The molecule has 0 aliphatic heterocycles. The second-order valence-electron chi connectivity index (χ2n) is 5.62. The molecule has 90 valence electrons. The normalized spacial score (nSPS) is 12.9. The van der Waals surface area contributed by atoms with Crippen molar-refractivity contribution in [2.45, 2.75) is 38.9 Å². The van der Waals surface area contributed by atoms with Gasteiger partial charge in [0.1, 0.15) is 14.7 Å². The number of hydrogen-bond donors (Lipinski definition) is 1. The highest BCUT2D eigenvalue weighted by molar-refractivity contribution is 6.91. The average molecular weight is 240 g/mol. The van der Waals surface area contributed by atoms with Gasteiger partial charge in [-0.25, -0.2) is 0 Å². The first-order valence-electron chi connectivity index (χ1n) is 5.44. The Morgan fingerprint density at radius 3 is 2.44 bits per heavy atom. The van der Waals surface area contributed by atoms with Gasteiger partial charge in [-0.3, -0.25) is 4.79 Å². The zero-order valence-electron chi connectivity index (χ0n) is 10.6. The molecule has 0 fully saturated rings. The fourth-order valence-corrected chi connectivity index (χ4v) is 3.38. The molecular weight excluding hydrogens is 220 g/mol. The van der Waals surface area contributed by atoms with Crippen LogP contribution in [0.5, 0.6) is 0 Å². The van der Waals surface area contributed by atoms with Gasteiger partial charge >= 0.3 is 0 Å². The van der Waals surface area contributed by atoms with Crippen LogP contribution in [0, 0.1) is 0 Å². The van der Waals surface area contributed by atoms with E-state index in [9.17, 15) is 4.79 Å². The number of ketones is 1. The second-order valence-corrected chi connectivity index (χ2v) is 10.8. The molecule has 0 spiro atoms. The molecular formula is C12H20O3Si. The van der Waals surface area contributed by atoms with Crippen LogP contribution in [0.15, 0.2) is 16.7 Å². The Balaban J connectivity index is 3.24. The third kappa shape index (κ3) is 2.13. The van der Waals surface area contributed by atoms with Crippen LogP contribution in [0.4, 0.5) is 0 Å². The van der Waals surface area contributed by atoms with Gasteiger partial charge in [-0.05, 0) is 11.1 Å². The summed E-state index contributed by atoms with van der Waals surface area (Å²) in [5, 5.41) is 9.82.